The van der Waals surface area contributed by atoms with E-state index in [9.17, 15) is 9.90 Å². The number of rotatable bonds is 5. The Morgan fingerprint density at radius 2 is 2.14 bits per heavy atom. The van der Waals surface area contributed by atoms with Crippen LogP contribution in [0.1, 0.15) is 31.6 Å². The molecule has 1 fully saturated rings. The van der Waals surface area contributed by atoms with E-state index < -0.39 is 0 Å². The molecule has 0 bridgehead atoms. The molecule has 1 saturated carbocycles. The fourth-order valence-electron chi connectivity index (χ4n) is 2.59. The molecule has 5 heteroatoms. The summed E-state index contributed by atoms with van der Waals surface area (Å²) in [6.45, 7) is 2.59. The second-order valence-electron chi connectivity index (χ2n) is 5.99. The van der Waals surface area contributed by atoms with Crippen LogP contribution in [0.25, 0.3) is 10.9 Å². The zero-order valence-corrected chi connectivity index (χ0v) is 12.4. The number of likely N-dealkylation sites (N-methyl/N-ethyl adjacent to an activating group) is 1. The fourth-order valence-corrected chi connectivity index (χ4v) is 2.59. The van der Waals surface area contributed by atoms with E-state index >= 15 is 0 Å². The predicted octanol–water partition coefficient (Wildman–Crippen LogP) is 1.69. The number of benzene rings is 1. The van der Waals surface area contributed by atoms with Crippen LogP contribution in [-0.4, -0.2) is 39.7 Å². The van der Waals surface area contributed by atoms with Gasteiger partial charge in [-0.3, -0.25) is 9.69 Å². The molecule has 1 aromatic heterocycles. The zero-order chi connectivity index (χ0) is 15.0. The van der Waals surface area contributed by atoms with Gasteiger partial charge in [-0.05, 0) is 44.9 Å². The lowest BCUT2D eigenvalue weighted by Crippen LogP contribution is -2.34. The summed E-state index contributed by atoms with van der Waals surface area (Å²) in [6, 6.07) is 7.29. The number of aliphatic hydroxyl groups is 1. The molecule has 21 heavy (non-hydrogen) atoms. The van der Waals surface area contributed by atoms with Gasteiger partial charge in [0.15, 0.2) is 0 Å². The quantitative estimate of drug-likeness (QED) is 0.878. The second kappa shape index (κ2) is 5.58. The number of para-hydroxylation sites is 1. The highest BCUT2D eigenvalue weighted by molar-refractivity contribution is 5.77. The molecule has 0 spiro atoms. The Morgan fingerprint density at radius 3 is 2.86 bits per heavy atom. The molecule has 0 aliphatic heterocycles. The van der Waals surface area contributed by atoms with Gasteiger partial charge >= 0.3 is 0 Å². The Balaban J connectivity index is 1.83. The van der Waals surface area contributed by atoms with Crippen molar-refractivity contribution >= 4 is 10.9 Å². The van der Waals surface area contributed by atoms with E-state index in [0.717, 1.165) is 12.8 Å². The summed E-state index contributed by atoms with van der Waals surface area (Å²) in [7, 11) is 1.95. The molecule has 5 nitrogen and oxygen atoms in total. The normalized spacial score (nSPS) is 18.1. The zero-order valence-electron chi connectivity index (χ0n) is 12.4. The Hall–Kier alpha value is -1.72. The first-order valence-electron chi connectivity index (χ1n) is 7.43. The molecule has 1 aliphatic rings. The van der Waals surface area contributed by atoms with Crippen molar-refractivity contribution in [2.45, 2.75) is 31.9 Å². The van der Waals surface area contributed by atoms with Gasteiger partial charge in [-0.1, -0.05) is 12.1 Å². The largest absolute Gasteiger partial charge is 0.392 e. The number of hydrogen-bond acceptors (Lipinski definition) is 4. The third-order valence-electron chi connectivity index (χ3n) is 4.33. The van der Waals surface area contributed by atoms with Gasteiger partial charge in [0.1, 0.15) is 5.82 Å². The maximum Gasteiger partial charge on any atom is 0.258 e. The van der Waals surface area contributed by atoms with E-state index in [4.69, 9.17) is 0 Å². The van der Waals surface area contributed by atoms with Gasteiger partial charge in [-0.15, -0.1) is 0 Å². The topological polar surface area (TPSA) is 69.2 Å². The van der Waals surface area contributed by atoms with Crippen LogP contribution in [0.3, 0.4) is 0 Å². The van der Waals surface area contributed by atoms with E-state index in [0.29, 0.717) is 29.2 Å². The standard InChI is InChI=1S/C16H21N3O2/c1-10(19(2)9-14(20)11-7-8-11)15-17-13-6-4-3-5-12(13)16(21)18-15/h3-6,10-11,14,20H,7-9H2,1-2H3,(H,17,18,21). The third-order valence-corrected chi connectivity index (χ3v) is 4.33. The lowest BCUT2D eigenvalue weighted by Gasteiger charge is -2.26. The van der Waals surface area contributed by atoms with Crippen LogP contribution >= 0.6 is 0 Å². The van der Waals surface area contributed by atoms with Crippen LogP contribution in [0, 0.1) is 5.92 Å². The monoisotopic (exact) mass is 287 g/mol. The molecule has 0 radical (unpaired) electrons. The fraction of sp³-hybridized carbons (Fsp3) is 0.500. The van der Waals surface area contributed by atoms with Gasteiger partial charge in [-0.25, -0.2) is 4.98 Å². The van der Waals surface area contributed by atoms with E-state index in [1.807, 2.05) is 37.1 Å². The summed E-state index contributed by atoms with van der Waals surface area (Å²) >= 11 is 0. The lowest BCUT2D eigenvalue weighted by atomic mass is 10.2. The number of H-pyrrole nitrogens is 1. The minimum absolute atomic E-state index is 0.0456. The average Bonchev–Trinajstić information content (AvgIpc) is 3.31. The van der Waals surface area contributed by atoms with Crippen molar-refractivity contribution in [1.82, 2.24) is 14.9 Å². The van der Waals surface area contributed by atoms with Gasteiger partial charge in [0.2, 0.25) is 0 Å². The van der Waals surface area contributed by atoms with Crippen molar-refractivity contribution in [2.75, 3.05) is 13.6 Å². The molecule has 1 heterocycles. The number of nitrogens with zero attached hydrogens (tertiary/aromatic N) is 2. The van der Waals surface area contributed by atoms with Gasteiger partial charge in [0.05, 0.1) is 23.0 Å². The van der Waals surface area contributed by atoms with Crippen LogP contribution in [-0.2, 0) is 0 Å². The van der Waals surface area contributed by atoms with E-state index in [-0.39, 0.29) is 17.7 Å². The van der Waals surface area contributed by atoms with Crippen LogP contribution in [0.15, 0.2) is 29.1 Å². The van der Waals surface area contributed by atoms with Crippen molar-refractivity contribution < 1.29 is 5.11 Å². The van der Waals surface area contributed by atoms with Crippen molar-refractivity contribution in [3.63, 3.8) is 0 Å². The summed E-state index contributed by atoms with van der Waals surface area (Å²) in [5.41, 5.74) is 0.595. The molecule has 3 rings (SSSR count). The molecule has 0 saturated heterocycles. The first kappa shape index (κ1) is 14.2. The Morgan fingerprint density at radius 1 is 1.43 bits per heavy atom. The number of nitrogens with one attached hydrogen (secondary N) is 1. The molecular formula is C16H21N3O2. The minimum atomic E-state index is -0.287. The molecule has 2 N–H and O–H groups in total. The summed E-state index contributed by atoms with van der Waals surface area (Å²) in [5.74, 6) is 1.09. The van der Waals surface area contributed by atoms with Gasteiger partial charge in [0, 0.05) is 6.54 Å². The van der Waals surface area contributed by atoms with Crippen LogP contribution in [0.5, 0.6) is 0 Å². The lowest BCUT2D eigenvalue weighted by molar-refractivity contribution is 0.0894. The summed E-state index contributed by atoms with van der Waals surface area (Å²) in [5, 5.41) is 10.7. The Labute approximate surface area is 123 Å². The summed E-state index contributed by atoms with van der Waals surface area (Å²) in [6.07, 6.45) is 1.95. The first-order valence-corrected chi connectivity index (χ1v) is 7.43. The summed E-state index contributed by atoms with van der Waals surface area (Å²) in [4.78, 5) is 21.5. The molecule has 2 atom stereocenters. The smallest absolute Gasteiger partial charge is 0.258 e. The molecule has 1 aliphatic carbocycles. The number of aromatic amines is 1. The maximum absolute atomic E-state index is 12.1. The molecule has 1 aromatic carbocycles. The average molecular weight is 287 g/mol. The highest BCUT2D eigenvalue weighted by atomic mass is 16.3. The van der Waals surface area contributed by atoms with Gasteiger partial charge < -0.3 is 10.1 Å². The number of aliphatic hydroxyl groups excluding tert-OH is 1. The number of fused-ring (bicyclic) bond motifs is 1. The number of aromatic nitrogens is 2. The maximum atomic E-state index is 12.1. The highest BCUT2D eigenvalue weighted by Crippen LogP contribution is 2.33. The Kier molecular flexibility index (Phi) is 3.78. The van der Waals surface area contributed by atoms with Gasteiger partial charge in [-0.2, -0.15) is 0 Å². The molecule has 2 aromatic rings. The van der Waals surface area contributed by atoms with Crippen LogP contribution in [0.2, 0.25) is 0 Å². The van der Waals surface area contributed by atoms with Crippen LogP contribution < -0.4 is 5.56 Å². The third kappa shape index (κ3) is 2.99. The van der Waals surface area contributed by atoms with E-state index in [1.54, 1.807) is 6.07 Å². The molecular weight excluding hydrogens is 266 g/mol. The highest BCUT2D eigenvalue weighted by Gasteiger charge is 2.31. The second-order valence-corrected chi connectivity index (χ2v) is 5.99. The molecule has 0 amide bonds. The van der Waals surface area contributed by atoms with Gasteiger partial charge in [0.25, 0.3) is 5.56 Å². The molecule has 112 valence electrons. The minimum Gasteiger partial charge on any atom is -0.392 e. The Bertz CT molecular complexity index is 693. The first-order chi connectivity index (χ1) is 10.1. The number of hydrogen-bond donors (Lipinski definition) is 2. The van der Waals surface area contributed by atoms with Crippen molar-refractivity contribution in [2.24, 2.45) is 5.92 Å². The summed E-state index contributed by atoms with van der Waals surface area (Å²) < 4.78 is 0. The van der Waals surface area contributed by atoms with Crippen molar-refractivity contribution in [1.29, 1.82) is 0 Å². The molecule has 2 unspecified atom stereocenters. The van der Waals surface area contributed by atoms with Crippen molar-refractivity contribution in [3.8, 4) is 0 Å². The predicted molar refractivity (Wildman–Crippen MR) is 82.1 cm³/mol. The SMILES string of the molecule is CC(c1nc2ccccc2c(=O)[nH]1)N(C)CC(O)C1CC1. The van der Waals surface area contributed by atoms with E-state index in [1.165, 1.54) is 0 Å². The van der Waals surface area contributed by atoms with E-state index in [2.05, 4.69) is 9.97 Å². The van der Waals surface area contributed by atoms with Crippen molar-refractivity contribution in [3.05, 3.63) is 40.4 Å². The van der Waals surface area contributed by atoms with Crippen LogP contribution in [0.4, 0.5) is 0 Å².